The number of hydrogen-bond acceptors (Lipinski definition) is 6. The molecule has 0 saturated carbocycles. The van der Waals surface area contributed by atoms with Crippen molar-refractivity contribution in [1.82, 2.24) is 30.0 Å². The molecule has 1 N–H and O–H groups in total. The number of anilines is 1. The first-order valence-corrected chi connectivity index (χ1v) is 9.62. The molecule has 0 atom stereocenters. The van der Waals surface area contributed by atoms with Gasteiger partial charge in [0.05, 0.1) is 11.6 Å². The van der Waals surface area contributed by atoms with E-state index in [-0.39, 0.29) is 11.8 Å². The lowest BCUT2D eigenvalue weighted by atomic mass is 10.2. The third kappa shape index (κ3) is 4.03. The first kappa shape index (κ1) is 18.9. The molecule has 0 radical (unpaired) electrons. The molecule has 2 amide bonds. The van der Waals surface area contributed by atoms with Crippen molar-refractivity contribution >= 4 is 28.7 Å². The Kier molecular flexibility index (Phi) is 5.37. The second-order valence-electron chi connectivity index (χ2n) is 6.94. The summed E-state index contributed by atoms with van der Waals surface area (Å²) in [6.07, 6.45) is 3.61. The highest BCUT2D eigenvalue weighted by molar-refractivity contribution is 5.94. The minimum Gasteiger partial charge on any atom is -0.352 e. The van der Waals surface area contributed by atoms with Gasteiger partial charge >= 0.3 is 0 Å². The lowest BCUT2D eigenvalue weighted by molar-refractivity contribution is -0.131. The highest BCUT2D eigenvalue weighted by atomic mass is 16.2. The molecule has 0 unspecified atom stereocenters. The van der Waals surface area contributed by atoms with Crippen LogP contribution in [0.15, 0.2) is 42.9 Å². The Morgan fingerprint density at radius 3 is 2.59 bits per heavy atom. The number of nitrogens with one attached hydrogen (secondary N) is 1. The zero-order valence-electron chi connectivity index (χ0n) is 16.3. The van der Waals surface area contributed by atoms with E-state index in [4.69, 9.17) is 0 Å². The summed E-state index contributed by atoms with van der Waals surface area (Å²) in [6.45, 7) is 2.97. The fraction of sp³-hybridized carbons (Fsp3) is 0.350. The van der Waals surface area contributed by atoms with Crippen LogP contribution in [0.1, 0.15) is 16.8 Å². The second kappa shape index (κ2) is 8.26. The molecule has 29 heavy (non-hydrogen) atoms. The molecule has 9 heteroatoms. The Hall–Kier alpha value is -3.49. The molecule has 3 aromatic rings. The molecule has 0 aliphatic carbocycles. The van der Waals surface area contributed by atoms with Gasteiger partial charge in [0, 0.05) is 51.8 Å². The van der Waals surface area contributed by atoms with E-state index in [0.717, 1.165) is 16.9 Å². The summed E-state index contributed by atoms with van der Waals surface area (Å²) < 4.78 is 1.73. The monoisotopic (exact) mass is 393 g/mol. The van der Waals surface area contributed by atoms with E-state index in [2.05, 4.69) is 25.3 Å². The van der Waals surface area contributed by atoms with Gasteiger partial charge in [0.2, 0.25) is 5.91 Å². The highest BCUT2D eigenvalue weighted by Gasteiger charge is 2.23. The Bertz CT molecular complexity index is 1010. The number of piperazine rings is 1. The molecule has 0 spiro atoms. The number of benzene rings is 1. The Morgan fingerprint density at radius 2 is 1.83 bits per heavy atom. The zero-order chi connectivity index (χ0) is 20.2. The lowest BCUT2D eigenvalue weighted by Crippen LogP contribution is -2.49. The number of aryl methyl sites for hydroxylation is 1. The molecule has 4 rings (SSSR count). The number of fused-ring (bicyclic) bond motifs is 1. The molecule has 1 aromatic carbocycles. The number of hydrogen-bond donors (Lipinski definition) is 1. The minimum absolute atomic E-state index is 0.0484. The average molecular weight is 393 g/mol. The van der Waals surface area contributed by atoms with E-state index in [9.17, 15) is 9.59 Å². The van der Waals surface area contributed by atoms with Gasteiger partial charge in [0.1, 0.15) is 12.1 Å². The van der Waals surface area contributed by atoms with Crippen LogP contribution in [0.25, 0.3) is 11.0 Å². The van der Waals surface area contributed by atoms with E-state index in [1.54, 1.807) is 29.3 Å². The fourth-order valence-corrected chi connectivity index (χ4v) is 3.50. The molecular weight excluding hydrogens is 370 g/mol. The smallest absolute Gasteiger partial charge is 0.251 e. The van der Waals surface area contributed by atoms with E-state index in [0.29, 0.717) is 44.7 Å². The summed E-state index contributed by atoms with van der Waals surface area (Å²) in [5, 5.41) is 7.97. The Morgan fingerprint density at radius 1 is 1.07 bits per heavy atom. The van der Waals surface area contributed by atoms with E-state index < -0.39 is 0 Å². The van der Waals surface area contributed by atoms with Gasteiger partial charge in [-0.15, -0.1) is 0 Å². The van der Waals surface area contributed by atoms with Crippen LogP contribution in [0.4, 0.5) is 5.82 Å². The summed E-state index contributed by atoms with van der Waals surface area (Å²) in [7, 11) is 1.85. The lowest BCUT2D eigenvalue weighted by Gasteiger charge is -2.35. The summed E-state index contributed by atoms with van der Waals surface area (Å²) in [4.78, 5) is 37.2. The van der Waals surface area contributed by atoms with Crippen LogP contribution in [0, 0.1) is 0 Å². The first-order chi connectivity index (χ1) is 14.1. The van der Waals surface area contributed by atoms with Crippen molar-refractivity contribution in [2.24, 2.45) is 7.05 Å². The van der Waals surface area contributed by atoms with E-state index in [1.165, 1.54) is 0 Å². The quantitative estimate of drug-likeness (QED) is 0.690. The maximum absolute atomic E-state index is 12.5. The standard InChI is InChI=1S/C20H23N7O2/c1-25-18-16(13-24-25)19(23-14-22-18)27-11-9-26(10-12-27)17(28)7-8-21-20(29)15-5-3-2-4-6-15/h2-6,13-14H,7-12H2,1H3,(H,21,29). The molecule has 0 bridgehead atoms. The normalized spacial score (nSPS) is 14.2. The largest absolute Gasteiger partial charge is 0.352 e. The van der Waals surface area contributed by atoms with E-state index >= 15 is 0 Å². The topological polar surface area (TPSA) is 96.2 Å². The zero-order valence-corrected chi connectivity index (χ0v) is 16.3. The van der Waals surface area contributed by atoms with Gasteiger partial charge in [-0.1, -0.05) is 18.2 Å². The highest BCUT2D eigenvalue weighted by Crippen LogP contribution is 2.23. The van der Waals surface area contributed by atoms with Crippen LogP contribution < -0.4 is 10.2 Å². The van der Waals surface area contributed by atoms with Gasteiger partial charge in [-0.05, 0) is 12.1 Å². The van der Waals surface area contributed by atoms with Crippen molar-refractivity contribution < 1.29 is 9.59 Å². The van der Waals surface area contributed by atoms with Crippen molar-refractivity contribution in [2.75, 3.05) is 37.6 Å². The van der Waals surface area contributed by atoms with Gasteiger partial charge in [-0.3, -0.25) is 14.3 Å². The third-order valence-electron chi connectivity index (χ3n) is 5.10. The number of carbonyl (C=O) groups excluding carboxylic acids is 2. The molecule has 150 valence electrons. The van der Waals surface area contributed by atoms with Gasteiger partial charge in [-0.25, -0.2) is 9.97 Å². The van der Waals surface area contributed by atoms with Crippen LogP contribution in [-0.2, 0) is 11.8 Å². The van der Waals surface area contributed by atoms with Crippen molar-refractivity contribution in [3.63, 3.8) is 0 Å². The fourth-order valence-electron chi connectivity index (χ4n) is 3.50. The van der Waals surface area contributed by atoms with Crippen LogP contribution >= 0.6 is 0 Å². The van der Waals surface area contributed by atoms with Crippen molar-refractivity contribution in [3.05, 3.63) is 48.4 Å². The first-order valence-electron chi connectivity index (χ1n) is 9.62. The molecule has 2 aromatic heterocycles. The van der Waals surface area contributed by atoms with Crippen molar-refractivity contribution in [3.8, 4) is 0 Å². The summed E-state index contributed by atoms with van der Waals surface area (Å²) in [5.41, 5.74) is 1.39. The van der Waals surface area contributed by atoms with Crippen molar-refractivity contribution in [1.29, 1.82) is 0 Å². The number of aromatic nitrogens is 4. The van der Waals surface area contributed by atoms with Gasteiger partial charge in [0.15, 0.2) is 5.65 Å². The van der Waals surface area contributed by atoms with Gasteiger partial charge in [0.25, 0.3) is 5.91 Å². The Labute approximate surface area is 168 Å². The average Bonchev–Trinajstić information content (AvgIpc) is 3.15. The predicted molar refractivity (Wildman–Crippen MR) is 108 cm³/mol. The predicted octanol–water partition coefficient (Wildman–Crippen LogP) is 0.832. The van der Waals surface area contributed by atoms with Gasteiger partial charge in [-0.2, -0.15) is 5.10 Å². The second-order valence-corrected chi connectivity index (χ2v) is 6.94. The Balaban J connectivity index is 1.28. The van der Waals surface area contributed by atoms with Crippen LogP contribution in [-0.4, -0.2) is 69.2 Å². The summed E-state index contributed by atoms with van der Waals surface area (Å²) >= 11 is 0. The molecule has 3 heterocycles. The number of carbonyl (C=O) groups is 2. The number of rotatable bonds is 5. The molecule has 1 aliphatic heterocycles. The molecule has 1 aliphatic rings. The summed E-state index contributed by atoms with van der Waals surface area (Å²) in [5.74, 6) is 0.741. The SMILES string of the molecule is Cn1ncc2c(N3CCN(C(=O)CCNC(=O)c4ccccc4)CC3)ncnc21. The van der Waals surface area contributed by atoms with Crippen LogP contribution in [0.5, 0.6) is 0 Å². The number of nitrogens with zero attached hydrogens (tertiary/aromatic N) is 6. The number of amides is 2. The molecular formula is C20H23N7O2. The van der Waals surface area contributed by atoms with E-state index in [1.807, 2.05) is 30.1 Å². The molecule has 1 saturated heterocycles. The summed E-state index contributed by atoms with van der Waals surface area (Å²) in [6, 6.07) is 9.00. The molecule has 9 nitrogen and oxygen atoms in total. The van der Waals surface area contributed by atoms with Gasteiger partial charge < -0.3 is 15.1 Å². The van der Waals surface area contributed by atoms with Crippen LogP contribution in [0.3, 0.4) is 0 Å². The minimum atomic E-state index is -0.160. The molecule has 1 fully saturated rings. The maximum Gasteiger partial charge on any atom is 0.251 e. The van der Waals surface area contributed by atoms with Crippen molar-refractivity contribution in [2.45, 2.75) is 6.42 Å². The third-order valence-corrected chi connectivity index (χ3v) is 5.10. The van der Waals surface area contributed by atoms with Crippen LogP contribution in [0.2, 0.25) is 0 Å². The maximum atomic E-state index is 12.5.